The molecule has 0 saturated carbocycles. The van der Waals surface area contributed by atoms with Gasteiger partial charge in [-0.05, 0) is 77.5 Å². The SMILES string of the molecule is Cc1ccc(-c2csc(-c3nc4ccc(C5SC(=S)OC5=O)cc4[nH]3)c2)cc1C. The Morgan fingerprint density at radius 2 is 1.93 bits per heavy atom. The van der Waals surface area contributed by atoms with Gasteiger partial charge in [0.05, 0.1) is 15.9 Å². The van der Waals surface area contributed by atoms with Crippen LogP contribution in [0.2, 0.25) is 0 Å². The predicted molar refractivity (Wildman–Crippen MR) is 123 cm³/mol. The monoisotopic (exact) mass is 436 g/mol. The third-order valence-electron chi connectivity index (χ3n) is 5.09. The molecule has 1 fully saturated rings. The van der Waals surface area contributed by atoms with Crippen LogP contribution in [-0.4, -0.2) is 20.3 Å². The molecule has 0 aliphatic carbocycles. The quantitative estimate of drug-likeness (QED) is 0.306. The minimum Gasteiger partial charge on any atom is -0.407 e. The van der Waals surface area contributed by atoms with Crippen molar-refractivity contribution in [2.75, 3.05) is 0 Å². The Kier molecular flexibility index (Phi) is 4.53. The first-order valence-corrected chi connectivity index (χ1v) is 11.2. The minimum atomic E-state index is -0.406. The van der Waals surface area contributed by atoms with Crippen molar-refractivity contribution in [1.82, 2.24) is 9.97 Å². The predicted octanol–water partition coefficient (Wildman–Crippen LogP) is 6.19. The number of hydrogen-bond donors (Lipinski definition) is 1. The van der Waals surface area contributed by atoms with Gasteiger partial charge in [-0.3, -0.25) is 4.79 Å². The summed E-state index contributed by atoms with van der Waals surface area (Å²) in [6.45, 7) is 4.26. The van der Waals surface area contributed by atoms with Gasteiger partial charge in [-0.25, -0.2) is 4.98 Å². The largest absolute Gasteiger partial charge is 0.407 e. The first-order chi connectivity index (χ1) is 14.0. The van der Waals surface area contributed by atoms with Crippen molar-refractivity contribution in [3.8, 4) is 21.8 Å². The van der Waals surface area contributed by atoms with Crippen LogP contribution in [-0.2, 0) is 9.53 Å². The molecule has 3 heterocycles. The summed E-state index contributed by atoms with van der Waals surface area (Å²) >= 11 is 7.93. The minimum absolute atomic E-state index is 0.280. The smallest absolute Gasteiger partial charge is 0.330 e. The van der Waals surface area contributed by atoms with Gasteiger partial charge in [0.25, 0.3) is 0 Å². The fraction of sp³-hybridized carbons (Fsp3) is 0.136. The highest BCUT2D eigenvalue weighted by atomic mass is 32.2. The number of aryl methyl sites for hydroxylation is 2. The van der Waals surface area contributed by atoms with Crippen LogP contribution in [0.5, 0.6) is 0 Å². The van der Waals surface area contributed by atoms with E-state index >= 15 is 0 Å². The van der Waals surface area contributed by atoms with Crippen LogP contribution in [0.15, 0.2) is 47.8 Å². The van der Waals surface area contributed by atoms with Gasteiger partial charge in [-0.15, -0.1) is 11.3 Å². The summed E-state index contributed by atoms with van der Waals surface area (Å²) in [7, 11) is 0. The van der Waals surface area contributed by atoms with Crippen LogP contribution < -0.4 is 0 Å². The number of carbonyl (C=O) groups excluding carboxylic acids is 1. The molecule has 4 nitrogen and oxygen atoms in total. The number of carbonyl (C=O) groups is 1. The number of hydrogen-bond acceptors (Lipinski definition) is 6. The van der Waals surface area contributed by atoms with Gasteiger partial charge in [-0.2, -0.15) is 0 Å². The van der Waals surface area contributed by atoms with E-state index in [0.717, 1.165) is 27.3 Å². The van der Waals surface area contributed by atoms with E-state index in [1.807, 2.05) is 18.2 Å². The van der Waals surface area contributed by atoms with Crippen molar-refractivity contribution in [3.05, 3.63) is 64.5 Å². The molecule has 2 aromatic carbocycles. The molecule has 0 radical (unpaired) electrons. The summed E-state index contributed by atoms with van der Waals surface area (Å²) in [5.41, 5.74) is 7.60. The van der Waals surface area contributed by atoms with E-state index in [1.165, 1.54) is 34.0 Å². The first kappa shape index (κ1) is 18.5. The number of nitrogens with one attached hydrogen (secondary N) is 1. The normalized spacial score (nSPS) is 16.6. The summed E-state index contributed by atoms with van der Waals surface area (Å²) in [5, 5.41) is 1.75. The molecule has 29 heavy (non-hydrogen) atoms. The van der Waals surface area contributed by atoms with Crippen molar-refractivity contribution in [2.24, 2.45) is 0 Å². The van der Waals surface area contributed by atoms with Crippen LogP contribution in [0.25, 0.3) is 32.9 Å². The average molecular weight is 437 g/mol. The van der Waals surface area contributed by atoms with E-state index in [4.69, 9.17) is 21.9 Å². The summed E-state index contributed by atoms with van der Waals surface area (Å²) < 4.78 is 5.29. The van der Waals surface area contributed by atoms with Crippen LogP contribution in [0, 0.1) is 13.8 Å². The molecular weight excluding hydrogens is 420 g/mol. The number of esters is 1. The molecule has 1 unspecified atom stereocenters. The van der Waals surface area contributed by atoms with Crippen molar-refractivity contribution in [1.29, 1.82) is 0 Å². The Morgan fingerprint density at radius 1 is 1.07 bits per heavy atom. The van der Waals surface area contributed by atoms with E-state index in [-0.39, 0.29) is 10.4 Å². The maximum atomic E-state index is 12.0. The molecule has 1 aliphatic heterocycles. The van der Waals surface area contributed by atoms with Gasteiger partial charge in [0.1, 0.15) is 11.1 Å². The summed E-state index contributed by atoms with van der Waals surface area (Å²) in [5.74, 6) is 0.518. The fourth-order valence-electron chi connectivity index (χ4n) is 3.35. The van der Waals surface area contributed by atoms with Crippen LogP contribution >= 0.6 is 35.3 Å². The van der Waals surface area contributed by atoms with Gasteiger partial charge in [0.2, 0.25) is 4.38 Å². The maximum absolute atomic E-state index is 12.0. The van der Waals surface area contributed by atoms with E-state index in [0.29, 0.717) is 0 Å². The van der Waals surface area contributed by atoms with Crippen molar-refractivity contribution < 1.29 is 9.53 Å². The number of fused-ring (bicyclic) bond motifs is 1. The first-order valence-electron chi connectivity index (χ1n) is 9.06. The number of thioether (sulfide) groups is 1. The average Bonchev–Trinajstić information content (AvgIpc) is 3.41. The molecule has 5 rings (SSSR count). The Morgan fingerprint density at radius 3 is 2.69 bits per heavy atom. The second-order valence-electron chi connectivity index (χ2n) is 7.03. The molecule has 1 atom stereocenters. The highest BCUT2D eigenvalue weighted by Gasteiger charge is 2.33. The summed E-state index contributed by atoms with van der Waals surface area (Å²) in [6, 6.07) is 14.5. The molecule has 144 valence electrons. The van der Waals surface area contributed by atoms with Crippen LogP contribution in [0.3, 0.4) is 0 Å². The zero-order valence-corrected chi connectivity index (χ0v) is 18.1. The van der Waals surface area contributed by atoms with Crippen molar-refractivity contribution >= 4 is 56.7 Å². The molecule has 1 aliphatic rings. The number of nitrogens with zero attached hydrogens (tertiary/aromatic N) is 1. The Balaban J connectivity index is 1.48. The number of rotatable bonds is 3. The number of cyclic esters (lactones) is 1. The number of H-pyrrole nitrogens is 1. The lowest BCUT2D eigenvalue weighted by atomic mass is 10.0. The van der Waals surface area contributed by atoms with Gasteiger partial charge in [0, 0.05) is 0 Å². The lowest BCUT2D eigenvalue weighted by Gasteiger charge is -2.03. The molecule has 0 amide bonds. The Hall–Kier alpha value is -2.48. The zero-order chi connectivity index (χ0) is 20.1. The number of ether oxygens (including phenoxy) is 1. The van der Waals surface area contributed by atoms with E-state index in [9.17, 15) is 4.79 Å². The molecule has 7 heteroatoms. The standard InChI is InChI=1S/C22H16N2O2S3/c1-11-3-4-13(7-12(11)2)15-9-18(28-10-15)20-23-16-6-5-14(8-17(16)24-20)19-21(25)26-22(27)29-19/h3-10,19H,1-2H3,(H,23,24). The number of aromatic nitrogens is 2. The van der Waals surface area contributed by atoms with E-state index in [1.54, 1.807) is 11.3 Å². The highest BCUT2D eigenvalue weighted by Crippen LogP contribution is 2.39. The van der Waals surface area contributed by atoms with Gasteiger partial charge in [-0.1, -0.05) is 36.0 Å². The summed E-state index contributed by atoms with van der Waals surface area (Å²) in [4.78, 5) is 21.2. The fourth-order valence-corrected chi connectivity index (χ4v) is 5.33. The third-order valence-corrected chi connectivity index (χ3v) is 7.38. The number of thiocarbonyl (C=S) groups is 1. The Bertz CT molecular complexity index is 1290. The molecular formula is C22H16N2O2S3. The second kappa shape index (κ2) is 7.09. The molecule has 0 bridgehead atoms. The topological polar surface area (TPSA) is 55.0 Å². The van der Waals surface area contributed by atoms with Crippen LogP contribution in [0.1, 0.15) is 21.9 Å². The molecule has 1 saturated heterocycles. The highest BCUT2D eigenvalue weighted by molar-refractivity contribution is 8.23. The summed E-state index contributed by atoms with van der Waals surface area (Å²) in [6.07, 6.45) is 0. The van der Waals surface area contributed by atoms with Gasteiger partial charge >= 0.3 is 5.97 Å². The number of imidazole rings is 1. The Labute approximate surface area is 181 Å². The molecule has 2 aromatic heterocycles. The lowest BCUT2D eigenvalue weighted by molar-refractivity contribution is -0.133. The number of benzene rings is 2. The maximum Gasteiger partial charge on any atom is 0.330 e. The van der Waals surface area contributed by atoms with Crippen molar-refractivity contribution in [3.63, 3.8) is 0 Å². The number of thiophene rings is 1. The molecule has 1 N–H and O–H groups in total. The van der Waals surface area contributed by atoms with Crippen LogP contribution in [0.4, 0.5) is 0 Å². The molecule has 4 aromatic rings. The molecule has 0 spiro atoms. The van der Waals surface area contributed by atoms with Crippen molar-refractivity contribution in [2.45, 2.75) is 19.1 Å². The van der Waals surface area contributed by atoms with Gasteiger partial charge in [0.15, 0.2) is 0 Å². The van der Waals surface area contributed by atoms with E-state index < -0.39 is 5.25 Å². The third kappa shape index (κ3) is 3.39. The lowest BCUT2D eigenvalue weighted by Crippen LogP contribution is -2.04. The zero-order valence-electron chi connectivity index (χ0n) is 15.7. The van der Waals surface area contributed by atoms with Gasteiger partial charge < -0.3 is 9.72 Å². The number of aromatic amines is 1. The van der Waals surface area contributed by atoms with E-state index in [2.05, 4.69) is 48.5 Å². The second-order valence-corrected chi connectivity index (χ2v) is 9.65.